The van der Waals surface area contributed by atoms with Gasteiger partial charge in [-0.25, -0.2) is 9.07 Å². The van der Waals surface area contributed by atoms with Crippen LogP contribution < -0.4 is 10.9 Å². The van der Waals surface area contributed by atoms with Gasteiger partial charge in [0.15, 0.2) is 5.76 Å². The molecule has 0 unspecified atom stereocenters. The summed E-state index contributed by atoms with van der Waals surface area (Å²) in [5.41, 5.74) is 1.02. The SMILES string of the molecule is O=C(Cn1nc(-c2ccco2)ccc1=O)NCCc1ccc(F)cc1. The van der Waals surface area contributed by atoms with Gasteiger partial charge < -0.3 is 9.73 Å². The maximum atomic E-state index is 12.8. The van der Waals surface area contributed by atoms with Gasteiger partial charge in [0.25, 0.3) is 5.56 Å². The van der Waals surface area contributed by atoms with Crippen molar-refractivity contribution < 1.29 is 13.6 Å². The van der Waals surface area contributed by atoms with Crippen LogP contribution in [0.5, 0.6) is 0 Å². The Morgan fingerprint density at radius 1 is 1.16 bits per heavy atom. The minimum absolute atomic E-state index is 0.184. The van der Waals surface area contributed by atoms with E-state index in [-0.39, 0.29) is 23.8 Å². The van der Waals surface area contributed by atoms with Gasteiger partial charge in [-0.2, -0.15) is 5.10 Å². The molecular weight excluding hydrogens is 325 g/mol. The van der Waals surface area contributed by atoms with Gasteiger partial charge in [-0.15, -0.1) is 0 Å². The Morgan fingerprint density at radius 2 is 1.96 bits per heavy atom. The zero-order valence-corrected chi connectivity index (χ0v) is 13.3. The first kappa shape index (κ1) is 16.6. The van der Waals surface area contributed by atoms with Crippen molar-refractivity contribution in [2.75, 3.05) is 6.54 Å². The lowest BCUT2D eigenvalue weighted by atomic mass is 10.1. The molecule has 6 nitrogen and oxygen atoms in total. The highest BCUT2D eigenvalue weighted by Crippen LogP contribution is 2.14. The molecule has 0 atom stereocenters. The highest BCUT2D eigenvalue weighted by molar-refractivity contribution is 5.75. The highest BCUT2D eigenvalue weighted by atomic mass is 19.1. The van der Waals surface area contributed by atoms with E-state index in [1.165, 1.54) is 24.5 Å². The summed E-state index contributed by atoms with van der Waals surface area (Å²) in [5, 5.41) is 6.86. The van der Waals surface area contributed by atoms with Crippen molar-refractivity contribution in [1.29, 1.82) is 0 Å². The lowest BCUT2D eigenvalue weighted by molar-refractivity contribution is -0.121. The quantitative estimate of drug-likeness (QED) is 0.744. The van der Waals surface area contributed by atoms with Gasteiger partial charge in [0.2, 0.25) is 5.91 Å². The fraction of sp³-hybridized carbons (Fsp3) is 0.167. The van der Waals surface area contributed by atoms with Crippen molar-refractivity contribution in [1.82, 2.24) is 15.1 Å². The fourth-order valence-corrected chi connectivity index (χ4v) is 2.31. The molecule has 2 heterocycles. The van der Waals surface area contributed by atoms with Gasteiger partial charge >= 0.3 is 0 Å². The maximum absolute atomic E-state index is 12.8. The van der Waals surface area contributed by atoms with Crippen LogP contribution in [0, 0.1) is 5.82 Å². The average Bonchev–Trinajstić information content (AvgIpc) is 3.13. The van der Waals surface area contributed by atoms with Crippen LogP contribution in [0.1, 0.15) is 5.56 Å². The van der Waals surface area contributed by atoms with Crippen LogP contribution in [0.2, 0.25) is 0 Å². The molecule has 7 heteroatoms. The van der Waals surface area contributed by atoms with Crippen molar-refractivity contribution in [2.24, 2.45) is 0 Å². The summed E-state index contributed by atoms with van der Waals surface area (Å²) in [5.74, 6) is -0.103. The van der Waals surface area contributed by atoms with Crippen molar-refractivity contribution in [3.05, 3.63) is 76.5 Å². The first-order chi connectivity index (χ1) is 12.1. The smallest absolute Gasteiger partial charge is 0.267 e. The largest absolute Gasteiger partial charge is 0.463 e. The van der Waals surface area contributed by atoms with Crippen LogP contribution in [0.4, 0.5) is 4.39 Å². The van der Waals surface area contributed by atoms with Crippen LogP contribution in [0.3, 0.4) is 0 Å². The van der Waals surface area contributed by atoms with Gasteiger partial charge in [-0.1, -0.05) is 12.1 Å². The molecule has 0 aliphatic rings. The lowest BCUT2D eigenvalue weighted by Crippen LogP contribution is -2.34. The third kappa shape index (κ3) is 4.41. The number of carbonyl (C=O) groups is 1. The predicted octanol–water partition coefficient (Wildman–Crippen LogP) is 2.00. The molecule has 0 spiro atoms. The van der Waals surface area contributed by atoms with Gasteiger partial charge in [0.1, 0.15) is 18.1 Å². The number of aromatic nitrogens is 2. The van der Waals surface area contributed by atoms with E-state index < -0.39 is 0 Å². The second-order valence-corrected chi connectivity index (χ2v) is 5.42. The Bertz CT molecular complexity index is 902. The van der Waals surface area contributed by atoms with E-state index >= 15 is 0 Å². The maximum Gasteiger partial charge on any atom is 0.267 e. The second-order valence-electron chi connectivity index (χ2n) is 5.42. The van der Waals surface area contributed by atoms with Crippen molar-refractivity contribution in [3.8, 4) is 11.5 Å². The molecule has 3 rings (SSSR count). The van der Waals surface area contributed by atoms with Crippen molar-refractivity contribution in [2.45, 2.75) is 13.0 Å². The van der Waals surface area contributed by atoms with Crippen LogP contribution in [-0.2, 0) is 17.8 Å². The molecule has 0 saturated heterocycles. The van der Waals surface area contributed by atoms with Crippen LogP contribution in [-0.4, -0.2) is 22.2 Å². The Morgan fingerprint density at radius 3 is 2.68 bits per heavy atom. The molecule has 0 radical (unpaired) electrons. The summed E-state index contributed by atoms with van der Waals surface area (Å²) in [6.07, 6.45) is 2.08. The molecular formula is C18H16FN3O3. The Kier molecular flexibility index (Phi) is 5.03. The molecule has 1 amide bonds. The molecule has 0 saturated carbocycles. The lowest BCUT2D eigenvalue weighted by Gasteiger charge is -2.07. The van der Waals surface area contributed by atoms with Gasteiger partial charge in [0.05, 0.1) is 6.26 Å². The third-order valence-corrected chi connectivity index (χ3v) is 3.58. The Hall–Kier alpha value is -3.22. The van der Waals surface area contributed by atoms with Gasteiger partial charge in [-0.05, 0) is 42.3 Å². The third-order valence-electron chi connectivity index (χ3n) is 3.58. The Balaban J connectivity index is 1.58. The van der Waals surface area contributed by atoms with Gasteiger partial charge in [0, 0.05) is 12.6 Å². The summed E-state index contributed by atoms with van der Waals surface area (Å²) in [6, 6.07) is 12.4. The summed E-state index contributed by atoms with van der Waals surface area (Å²) in [4.78, 5) is 23.9. The molecule has 3 aromatic rings. The van der Waals surface area contributed by atoms with E-state index in [4.69, 9.17) is 4.42 Å². The molecule has 1 aromatic carbocycles. The minimum Gasteiger partial charge on any atom is -0.463 e. The number of carbonyl (C=O) groups excluding carboxylic acids is 1. The standard InChI is InChI=1S/C18H16FN3O3/c19-14-5-3-13(4-6-14)9-10-20-17(23)12-22-18(24)8-7-15(21-22)16-2-1-11-25-16/h1-8,11H,9-10,12H2,(H,20,23). The zero-order valence-electron chi connectivity index (χ0n) is 13.3. The molecule has 0 aliphatic heterocycles. The summed E-state index contributed by atoms with van der Waals surface area (Å²) in [6.45, 7) is 0.202. The monoisotopic (exact) mass is 341 g/mol. The second kappa shape index (κ2) is 7.57. The Labute approximate surface area is 142 Å². The van der Waals surface area contributed by atoms with Crippen LogP contribution >= 0.6 is 0 Å². The molecule has 0 fully saturated rings. The van der Waals surface area contributed by atoms with E-state index in [1.807, 2.05) is 0 Å². The highest BCUT2D eigenvalue weighted by Gasteiger charge is 2.09. The van der Waals surface area contributed by atoms with E-state index in [1.54, 1.807) is 30.3 Å². The number of furan rings is 1. The van der Waals surface area contributed by atoms with E-state index in [9.17, 15) is 14.0 Å². The van der Waals surface area contributed by atoms with E-state index in [0.717, 1.165) is 10.2 Å². The first-order valence-electron chi connectivity index (χ1n) is 7.75. The number of rotatable bonds is 6. The number of hydrogen-bond acceptors (Lipinski definition) is 4. The number of halogens is 1. The summed E-state index contributed by atoms with van der Waals surface area (Å²) >= 11 is 0. The summed E-state index contributed by atoms with van der Waals surface area (Å²) < 4.78 is 19.2. The number of hydrogen-bond donors (Lipinski definition) is 1. The fourth-order valence-electron chi connectivity index (χ4n) is 2.31. The van der Waals surface area contributed by atoms with Crippen molar-refractivity contribution >= 4 is 5.91 Å². The van der Waals surface area contributed by atoms with Gasteiger partial charge in [-0.3, -0.25) is 9.59 Å². The predicted molar refractivity (Wildman–Crippen MR) is 89.3 cm³/mol. The van der Waals surface area contributed by atoms with E-state index in [0.29, 0.717) is 24.4 Å². The van der Waals surface area contributed by atoms with Crippen LogP contribution in [0.15, 0.2) is 64.0 Å². The topological polar surface area (TPSA) is 77.1 Å². The average molecular weight is 341 g/mol. The van der Waals surface area contributed by atoms with Crippen LogP contribution in [0.25, 0.3) is 11.5 Å². The zero-order chi connectivity index (χ0) is 17.6. The molecule has 128 valence electrons. The molecule has 2 aromatic heterocycles. The number of benzene rings is 1. The number of amides is 1. The molecule has 1 N–H and O–H groups in total. The molecule has 0 aliphatic carbocycles. The number of nitrogens with one attached hydrogen (secondary N) is 1. The summed E-state index contributed by atoms with van der Waals surface area (Å²) in [7, 11) is 0. The molecule has 0 bridgehead atoms. The van der Waals surface area contributed by atoms with E-state index in [2.05, 4.69) is 10.4 Å². The minimum atomic E-state index is -0.371. The van der Waals surface area contributed by atoms with Crippen molar-refractivity contribution in [3.63, 3.8) is 0 Å². The molecule has 25 heavy (non-hydrogen) atoms. The number of nitrogens with zero attached hydrogens (tertiary/aromatic N) is 2. The first-order valence-corrected chi connectivity index (χ1v) is 7.75. The normalized spacial score (nSPS) is 10.6.